The number of anilines is 1. The highest BCUT2D eigenvalue weighted by molar-refractivity contribution is 5.32. The molecular weight excluding hydrogens is 274 g/mol. The summed E-state index contributed by atoms with van der Waals surface area (Å²) < 4.78 is 5.94. The molecule has 2 heterocycles. The largest absolute Gasteiger partial charge is 0.408 e. The fourth-order valence-corrected chi connectivity index (χ4v) is 3.52. The van der Waals surface area contributed by atoms with Crippen LogP contribution in [-0.4, -0.2) is 23.3 Å². The molecule has 4 heteroatoms. The van der Waals surface area contributed by atoms with Gasteiger partial charge in [-0.15, -0.1) is 5.10 Å². The molecule has 0 unspecified atom stereocenters. The Hall–Kier alpha value is -1.84. The van der Waals surface area contributed by atoms with Crippen LogP contribution < -0.4 is 4.90 Å². The number of piperidine rings is 1. The second-order valence-electron chi connectivity index (χ2n) is 6.75. The summed E-state index contributed by atoms with van der Waals surface area (Å²) in [5.74, 6) is 1.92. The van der Waals surface area contributed by atoms with E-state index >= 15 is 0 Å². The molecule has 1 saturated carbocycles. The number of rotatable bonds is 3. The standard InChI is InChI=1S/C18H23N3O/c1-13-5-2-8-15(11-13)16-9-4-10-21(12-16)18-20-19-17(22-18)14-6-3-7-14/h2,5,8,11,14,16H,3-4,6-7,9-10,12H2,1H3/t16-/m1/s1. The van der Waals surface area contributed by atoms with E-state index in [1.54, 1.807) is 0 Å². The molecule has 1 aliphatic heterocycles. The Morgan fingerprint density at radius 2 is 1.95 bits per heavy atom. The van der Waals surface area contributed by atoms with Gasteiger partial charge in [0.1, 0.15) is 0 Å². The molecule has 4 nitrogen and oxygen atoms in total. The Labute approximate surface area is 131 Å². The van der Waals surface area contributed by atoms with Crippen molar-refractivity contribution in [3.8, 4) is 0 Å². The average molecular weight is 297 g/mol. The van der Waals surface area contributed by atoms with E-state index in [2.05, 4.69) is 46.3 Å². The molecule has 1 aromatic carbocycles. The van der Waals surface area contributed by atoms with Gasteiger partial charge in [0.25, 0.3) is 0 Å². The van der Waals surface area contributed by atoms with Crippen LogP contribution in [0.2, 0.25) is 0 Å². The lowest BCUT2D eigenvalue weighted by atomic mass is 9.85. The third-order valence-corrected chi connectivity index (χ3v) is 5.09. The van der Waals surface area contributed by atoms with Gasteiger partial charge < -0.3 is 9.32 Å². The third-order valence-electron chi connectivity index (χ3n) is 5.09. The van der Waals surface area contributed by atoms with Gasteiger partial charge in [0.2, 0.25) is 5.89 Å². The average Bonchev–Trinajstić information content (AvgIpc) is 2.95. The van der Waals surface area contributed by atoms with E-state index in [1.165, 1.54) is 43.2 Å². The maximum Gasteiger partial charge on any atom is 0.318 e. The van der Waals surface area contributed by atoms with Gasteiger partial charge in [-0.3, -0.25) is 0 Å². The van der Waals surface area contributed by atoms with Crippen LogP contribution >= 0.6 is 0 Å². The highest BCUT2D eigenvalue weighted by Gasteiger charge is 2.28. The first-order valence-corrected chi connectivity index (χ1v) is 8.44. The predicted octanol–water partition coefficient (Wildman–Crippen LogP) is 4.03. The van der Waals surface area contributed by atoms with Gasteiger partial charge in [-0.25, -0.2) is 0 Å². The van der Waals surface area contributed by atoms with Crippen molar-refractivity contribution in [2.24, 2.45) is 0 Å². The van der Waals surface area contributed by atoms with Gasteiger partial charge in [0, 0.05) is 24.9 Å². The Morgan fingerprint density at radius 1 is 1.09 bits per heavy atom. The quantitative estimate of drug-likeness (QED) is 0.858. The molecule has 0 bridgehead atoms. The minimum absolute atomic E-state index is 0.513. The summed E-state index contributed by atoms with van der Waals surface area (Å²) in [5, 5.41) is 8.56. The molecule has 4 rings (SSSR count). The van der Waals surface area contributed by atoms with E-state index in [4.69, 9.17) is 4.42 Å². The van der Waals surface area contributed by atoms with Crippen LogP contribution in [0.3, 0.4) is 0 Å². The molecule has 2 fully saturated rings. The Balaban J connectivity index is 1.49. The summed E-state index contributed by atoms with van der Waals surface area (Å²) in [6.45, 7) is 4.16. The van der Waals surface area contributed by atoms with Gasteiger partial charge in [-0.05, 0) is 38.2 Å². The van der Waals surface area contributed by atoms with Crippen LogP contribution in [0.25, 0.3) is 0 Å². The van der Waals surface area contributed by atoms with Crippen molar-refractivity contribution in [3.63, 3.8) is 0 Å². The summed E-state index contributed by atoms with van der Waals surface area (Å²) in [6, 6.07) is 9.59. The molecule has 0 spiro atoms. The zero-order chi connectivity index (χ0) is 14.9. The molecule has 0 amide bonds. The van der Waals surface area contributed by atoms with Gasteiger partial charge >= 0.3 is 6.01 Å². The molecule has 2 aliphatic rings. The number of hydrogen-bond donors (Lipinski definition) is 0. The van der Waals surface area contributed by atoms with Gasteiger partial charge in [-0.1, -0.05) is 41.3 Å². The van der Waals surface area contributed by atoms with Crippen molar-refractivity contribution < 1.29 is 4.42 Å². The molecule has 0 radical (unpaired) electrons. The van der Waals surface area contributed by atoms with E-state index < -0.39 is 0 Å². The van der Waals surface area contributed by atoms with Crippen LogP contribution in [0.4, 0.5) is 6.01 Å². The smallest absolute Gasteiger partial charge is 0.318 e. The van der Waals surface area contributed by atoms with Crippen LogP contribution in [0.15, 0.2) is 28.7 Å². The molecule has 2 aromatic rings. The van der Waals surface area contributed by atoms with E-state index in [0.717, 1.165) is 25.0 Å². The predicted molar refractivity (Wildman–Crippen MR) is 86.3 cm³/mol. The van der Waals surface area contributed by atoms with Crippen LogP contribution in [0, 0.1) is 6.92 Å². The monoisotopic (exact) mass is 297 g/mol. The molecular formula is C18H23N3O. The van der Waals surface area contributed by atoms with E-state index in [-0.39, 0.29) is 0 Å². The summed E-state index contributed by atoms with van der Waals surface area (Å²) in [7, 11) is 0. The van der Waals surface area contributed by atoms with E-state index in [0.29, 0.717) is 11.8 Å². The number of benzene rings is 1. The molecule has 1 atom stereocenters. The first-order valence-electron chi connectivity index (χ1n) is 8.44. The zero-order valence-electron chi connectivity index (χ0n) is 13.2. The number of hydrogen-bond acceptors (Lipinski definition) is 4. The Morgan fingerprint density at radius 3 is 2.73 bits per heavy atom. The fraction of sp³-hybridized carbons (Fsp3) is 0.556. The number of nitrogens with zero attached hydrogens (tertiary/aromatic N) is 3. The summed E-state index contributed by atoms with van der Waals surface area (Å²) in [4.78, 5) is 2.27. The topological polar surface area (TPSA) is 42.2 Å². The highest BCUT2D eigenvalue weighted by Crippen LogP contribution is 2.37. The summed E-state index contributed by atoms with van der Waals surface area (Å²) in [5.41, 5.74) is 2.77. The minimum Gasteiger partial charge on any atom is -0.408 e. The summed E-state index contributed by atoms with van der Waals surface area (Å²) >= 11 is 0. The Bertz CT molecular complexity index is 647. The minimum atomic E-state index is 0.513. The normalized spacial score (nSPS) is 22.6. The second kappa shape index (κ2) is 5.75. The molecule has 1 saturated heterocycles. The van der Waals surface area contributed by atoms with Gasteiger partial charge in [-0.2, -0.15) is 0 Å². The summed E-state index contributed by atoms with van der Waals surface area (Å²) in [6.07, 6.45) is 6.12. The second-order valence-corrected chi connectivity index (χ2v) is 6.75. The molecule has 1 aromatic heterocycles. The Kier molecular flexibility index (Phi) is 3.60. The molecule has 1 aliphatic carbocycles. The van der Waals surface area contributed by atoms with E-state index in [1.807, 2.05) is 0 Å². The molecule has 22 heavy (non-hydrogen) atoms. The SMILES string of the molecule is Cc1cccc([C@@H]2CCCN(c3nnc(C4CCC4)o3)C2)c1. The van der Waals surface area contributed by atoms with Gasteiger partial charge in [0.05, 0.1) is 0 Å². The number of aromatic nitrogens is 2. The van der Waals surface area contributed by atoms with Crippen molar-refractivity contribution in [1.82, 2.24) is 10.2 Å². The van der Waals surface area contributed by atoms with Crippen molar-refractivity contribution in [3.05, 3.63) is 41.3 Å². The lowest BCUT2D eigenvalue weighted by Gasteiger charge is -2.31. The van der Waals surface area contributed by atoms with Crippen molar-refractivity contribution in [1.29, 1.82) is 0 Å². The zero-order valence-corrected chi connectivity index (χ0v) is 13.2. The first kappa shape index (κ1) is 13.8. The molecule has 116 valence electrons. The lowest BCUT2D eigenvalue weighted by Crippen LogP contribution is -2.34. The van der Waals surface area contributed by atoms with Crippen molar-refractivity contribution in [2.75, 3.05) is 18.0 Å². The third kappa shape index (κ3) is 2.62. The maximum atomic E-state index is 5.94. The van der Waals surface area contributed by atoms with Gasteiger partial charge in [0.15, 0.2) is 0 Å². The lowest BCUT2D eigenvalue weighted by molar-refractivity contribution is 0.332. The fourth-order valence-electron chi connectivity index (χ4n) is 3.52. The number of aryl methyl sites for hydroxylation is 1. The molecule has 0 N–H and O–H groups in total. The highest BCUT2D eigenvalue weighted by atomic mass is 16.4. The van der Waals surface area contributed by atoms with Crippen molar-refractivity contribution >= 4 is 6.01 Å². The van der Waals surface area contributed by atoms with Crippen LogP contribution in [0.5, 0.6) is 0 Å². The maximum absolute atomic E-state index is 5.94. The van der Waals surface area contributed by atoms with Crippen molar-refractivity contribution in [2.45, 2.75) is 50.9 Å². The van der Waals surface area contributed by atoms with Crippen LogP contribution in [0.1, 0.15) is 61.0 Å². The van der Waals surface area contributed by atoms with E-state index in [9.17, 15) is 0 Å². The first-order chi connectivity index (χ1) is 10.8. The van der Waals surface area contributed by atoms with Crippen LogP contribution in [-0.2, 0) is 0 Å².